The molecule has 5 heteroatoms. The standard InChI is InChI=1S/C33H29NO4/c34-18-28-30-23-6-4-21(5-7-23)19-37-16-14-35-12-13-36-15-17-38-20-24-9-11-27-31-25(24)10-8-22-2-1-3-26(29(22)31)32(28)33(27)30/h1-11,28,30H,12-17,19-20H2. The minimum Gasteiger partial charge on any atom is -0.377 e. The number of nitrogens with zero attached hydrogens (tertiary/aromatic N) is 1. The molecule has 1 aliphatic carbocycles. The fraction of sp³-hybridized carbons (Fsp3) is 0.303. The average Bonchev–Trinajstić information content (AvgIpc) is 2.94. The molecule has 0 spiro atoms. The first kappa shape index (κ1) is 23.6. The van der Waals surface area contributed by atoms with Crippen molar-refractivity contribution in [1.29, 1.82) is 5.26 Å². The lowest BCUT2D eigenvalue weighted by atomic mass is 9.62. The third-order valence-electron chi connectivity index (χ3n) is 8.06. The van der Waals surface area contributed by atoms with Crippen LogP contribution < -0.4 is 0 Å². The van der Waals surface area contributed by atoms with Crippen LogP contribution in [0.5, 0.6) is 0 Å². The van der Waals surface area contributed by atoms with Crippen LogP contribution in [0.1, 0.15) is 39.7 Å². The highest BCUT2D eigenvalue weighted by atomic mass is 16.6. The molecule has 5 aromatic rings. The zero-order valence-electron chi connectivity index (χ0n) is 21.2. The highest BCUT2D eigenvalue weighted by Gasteiger charge is 2.42. The molecule has 0 aromatic heterocycles. The predicted molar refractivity (Wildman–Crippen MR) is 148 cm³/mol. The lowest BCUT2D eigenvalue weighted by Crippen LogP contribution is -2.25. The molecule has 3 aliphatic rings. The Morgan fingerprint density at radius 2 is 1.29 bits per heavy atom. The average molecular weight is 504 g/mol. The van der Waals surface area contributed by atoms with Gasteiger partial charge >= 0.3 is 0 Å². The molecular weight excluding hydrogens is 474 g/mol. The molecule has 2 atom stereocenters. The van der Waals surface area contributed by atoms with Gasteiger partial charge in [0.2, 0.25) is 0 Å². The van der Waals surface area contributed by atoms with Crippen molar-refractivity contribution in [3.63, 3.8) is 0 Å². The molecule has 2 unspecified atom stereocenters. The number of hydrogen-bond acceptors (Lipinski definition) is 5. The van der Waals surface area contributed by atoms with Gasteiger partial charge in [-0.25, -0.2) is 0 Å². The van der Waals surface area contributed by atoms with Crippen LogP contribution in [0.3, 0.4) is 0 Å². The first-order valence-electron chi connectivity index (χ1n) is 13.4. The second kappa shape index (κ2) is 9.98. The van der Waals surface area contributed by atoms with Gasteiger partial charge < -0.3 is 18.9 Å². The number of rotatable bonds is 0. The van der Waals surface area contributed by atoms with Crippen LogP contribution in [0.4, 0.5) is 0 Å². The van der Waals surface area contributed by atoms with Gasteiger partial charge in [-0.05, 0) is 60.1 Å². The van der Waals surface area contributed by atoms with Gasteiger partial charge in [0.15, 0.2) is 0 Å². The minimum atomic E-state index is -0.174. The predicted octanol–water partition coefficient (Wildman–Crippen LogP) is 6.42. The highest BCUT2D eigenvalue weighted by Crippen LogP contribution is 2.57. The fourth-order valence-corrected chi connectivity index (χ4v) is 6.30. The van der Waals surface area contributed by atoms with Gasteiger partial charge in [0.25, 0.3) is 0 Å². The molecule has 0 radical (unpaired) electrons. The van der Waals surface area contributed by atoms with E-state index in [4.69, 9.17) is 18.9 Å². The number of fused-ring (bicyclic) bond motifs is 14. The Balaban J connectivity index is 1.38. The van der Waals surface area contributed by atoms with Gasteiger partial charge in [-0.15, -0.1) is 0 Å². The Bertz CT molecular complexity index is 1650. The quantitative estimate of drug-likeness (QED) is 0.180. The molecular formula is C33H29NO4. The Hall–Kier alpha value is -3.53. The molecule has 38 heavy (non-hydrogen) atoms. The molecule has 2 heterocycles. The Morgan fingerprint density at radius 3 is 2.05 bits per heavy atom. The number of ether oxygens (including phenoxy) is 4. The molecule has 0 saturated heterocycles. The zero-order valence-corrected chi connectivity index (χ0v) is 21.2. The lowest BCUT2D eigenvalue weighted by Gasteiger charge is -2.39. The molecule has 5 nitrogen and oxygen atoms in total. The zero-order chi connectivity index (χ0) is 25.5. The van der Waals surface area contributed by atoms with Crippen molar-refractivity contribution >= 4 is 32.3 Å². The van der Waals surface area contributed by atoms with Gasteiger partial charge in [-0.3, -0.25) is 0 Å². The van der Waals surface area contributed by atoms with Gasteiger partial charge in [-0.1, -0.05) is 66.7 Å². The summed E-state index contributed by atoms with van der Waals surface area (Å²) in [6, 6.07) is 26.6. The molecule has 5 aromatic carbocycles. The third kappa shape index (κ3) is 3.84. The minimum absolute atomic E-state index is 0.0438. The van der Waals surface area contributed by atoms with E-state index in [1.807, 2.05) is 0 Å². The van der Waals surface area contributed by atoms with Crippen LogP contribution >= 0.6 is 0 Å². The summed E-state index contributed by atoms with van der Waals surface area (Å²) >= 11 is 0. The first-order valence-corrected chi connectivity index (χ1v) is 13.4. The second-order valence-electron chi connectivity index (χ2n) is 10.1. The van der Waals surface area contributed by atoms with Crippen LogP contribution in [-0.4, -0.2) is 39.6 Å². The van der Waals surface area contributed by atoms with Crippen LogP contribution in [-0.2, 0) is 32.2 Å². The molecule has 0 saturated carbocycles. The van der Waals surface area contributed by atoms with Crippen LogP contribution in [0, 0.1) is 11.3 Å². The summed E-state index contributed by atoms with van der Waals surface area (Å²) in [6.07, 6.45) is 0. The van der Waals surface area contributed by atoms with Crippen molar-refractivity contribution in [1.82, 2.24) is 0 Å². The van der Waals surface area contributed by atoms with Crippen molar-refractivity contribution < 1.29 is 18.9 Å². The molecule has 4 bridgehead atoms. The summed E-state index contributed by atoms with van der Waals surface area (Å²) < 4.78 is 23.1. The van der Waals surface area contributed by atoms with Gasteiger partial charge in [0.1, 0.15) is 0 Å². The van der Waals surface area contributed by atoms with Crippen molar-refractivity contribution in [3.8, 4) is 6.07 Å². The molecule has 0 N–H and O–H groups in total. The number of nitriles is 1. The number of hydrogen-bond donors (Lipinski definition) is 0. The highest BCUT2D eigenvalue weighted by molar-refractivity contribution is 6.26. The molecule has 8 rings (SSSR count). The molecule has 0 amide bonds. The summed E-state index contributed by atoms with van der Waals surface area (Å²) in [4.78, 5) is 0. The van der Waals surface area contributed by atoms with E-state index in [2.05, 4.69) is 72.8 Å². The summed E-state index contributed by atoms with van der Waals surface area (Å²) in [6.45, 7) is 4.29. The maximum absolute atomic E-state index is 10.3. The smallest absolute Gasteiger partial charge is 0.0831 e. The largest absolute Gasteiger partial charge is 0.377 e. The van der Waals surface area contributed by atoms with E-state index in [9.17, 15) is 5.26 Å². The van der Waals surface area contributed by atoms with Crippen molar-refractivity contribution in [2.75, 3.05) is 39.6 Å². The van der Waals surface area contributed by atoms with E-state index in [0.717, 1.165) is 5.56 Å². The van der Waals surface area contributed by atoms with Gasteiger partial charge in [-0.2, -0.15) is 5.26 Å². The molecule has 0 fully saturated rings. The van der Waals surface area contributed by atoms with E-state index in [1.165, 1.54) is 54.6 Å². The Kier molecular flexibility index (Phi) is 6.19. The van der Waals surface area contributed by atoms with Crippen molar-refractivity contribution in [2.24, 2.45) is 0 Å². The fourth-order valence-electron chi connectivity index (χ4n) is 6.30. The monoisotopic (exact) mass is 503 g/mol. The van der Waals surface area contributed by atoms with Crippen LogP contribution in [0.15, 0.2) is 66.7 Å². The van der Waals surface area contributed by atoms with E-state index in [-0.39, 0.29) is 11.8 Å². The van der Waals surface area contributed by atoms with Crippen molar-refractivity contribution in [2.45, 2.75) is 25.0 Å². The van der Waals surface area contributed by atoms with E-state index in [0.29, 0.717) is 52.9 Å². The van der Waals surface area contributed by atoms with Gasteiger partial charge in [0, 0.05) is 5.92 Å². The summed E-state index contributed by atoms with van der Waals surface area (Å²) in [5, 5.41) is 17.7. The Labute approximate surface area is 221 Å². The van der Waals surface area contributed by atoms with E-state index < -0.39 is 0 Å². The Morgan fingerprint density at radius 1 is 0.605 bits per heavy atom. The van der Waals surface area contributed by atoms with Crippen molar-refractivity contribution in [3.05, 3.63) is 94.5 Å². The van der Waals surface area contributed by atoms with E-state index in [1.54, 1.807) is 0 Å². The lowest BCUT2D eigenvalue weighted by molar-refractivity contribution is -0.00608. The third-order valence-corrected chi connectivity index (χ3v) is 8.06. The maximum atomic E-state index is 10.3. The number of benzene rings is 5. The van der Waals surface area contributed by atoms with Crippen LogP contribution in [0.2, 0.25) is 0 Å². The van der Waals surface area contributed by atoms with Gasteiger partial charge in [0.05, 0.1) is 64.8 Å². The normalized spacial score (nSPS) is 20.9. The topological polar surface area (TPSA) is 60.7 Å². The van der Waals surface area contributed by atoms with Crippen LogP contribution in [0.25, 0.3) is 32.3 Å². The summed E-state index contributed by atoms with van der Waals surface area (Å²) in [5.74, 6) is -0.130. The second-order valence-corrected chi connectivity index (χ2v) is 10.1. The SMILES string of the molecule is N#CC1c2c3c4ccc(c5ccc6cccc2c6c54)COCCOCCOCCOCc2ccc(cc2)C31. The molecule has 190 valence electrons. The first-order chi connectivity index (χ1) is 18.8. The van der Waals surface area contributed by atoms with E-state index >= 15 is 0 Å². The molecule has 2 aliphatic heterocycles. The summed E-state index contributed by atoms with van der Waals surface area (Å²) in [5.41, 5.74) is 5.94. The summed E-state index contributed by atoms with van der Waals surface area (Å²) in [7, 11) is 0. The maximum Gasteiger partial charge on any atom is 0.0831 e.